The molecule has 1 unspecified atom stereocenters. The number of amides is 1. The van der Waals surface area contributed by atoms with Crippen molar-refractivity contribution in [2.75, 3.05) is 19.5 Å². The first-order valence-corrected chi connectivity index (χ1v) is 13.8. The highest BCUT2D eigenvalue weighted by molar-refractivity contribution is 7.86. The monoisotopic (exact) mass is 523 g/mol. The molecule has 0 heterocycles. The molecule has 0 saturated heterocycles. The van der Waals surface area contributed by atoms with Crippen LogP contribution in [0.25, 0.3) is 11.1 Å². The lowest BCUT2D eigenvalue weighted by Gasteiger charge is -2.20. The highest BCUT2D eigenvalue weighted by Crippen LogP contribution is 2.44. The van der Waals surface area contributed by atoms with Gasteiger partial charge in [-0.05, 0) is 53.3 Å². The van der Waals surface area contributed by atoms with E-state index in [1.54, 1.807) is 19.1 Å². The van der Waals surface area contributed by atoms with E-state index in [-0.39, 0.29) is 31.3 Å². The Morgan fingerprint density at radius 2 is 1.49 bits per heavy atom. The van der Waals surface area contributed by atoms with Gasteiger partial charge in [-0.25, -0.2) is 4.79 Å². The lowest BCUT2D eigenvalue weighted by molar-refractivity contribution is -0.143. The van der Waals surface area contributed by atoms with Crippen molar-refractivity contribution in [1.82, 2.24) is 5.32 Å². The van der Waals surface area contributed by atoms with Crippen molar-refractivity contribution in [2.24, 2.45) is 0 Å². The smallest absolute Gasteiger partial charge is 0.407 e. The molecule has 1 aliphatic rings. The molecule has 3 aromatic rings. The largest absolute Gasteiger partial charge is 0.466 e. The maximum absolute atomic E-state index is 12.8. The summed E-state index contributed by atoms with van der Waals surface area (Å²) in [6.07, 6.45) is 0.601. The topological polar surface area (TPSA) is 108 Å². The van der Waals surface area contributed by atoms with Gasteiger partial charge in [-0.2, -0.15) is 8.42 Å². The number of hydrogen-bond donors (Lipinski definition) is 1. The Balaban J connectivity index is 1.42. The van der Waals surface area contributed by atoms with Crippen molar-refractivity contribution in [2.45, 2.75) is 31.7 Å². The first kappa shape index (κ1) is 26.2. The van der Waals surface area contributed by atoms with Gasteiger partial charge in [0.2, 0.25) is 0 Å². The van der Waals surface area contributed by atoms with Crippen LogP contribution in [0.3, 0.4) is 0 Å². The Morgan fingerprint density at radius 3 is 2.05 bits per heavy atom. The van der Waals surface area contributed by atoms with Crippen LogP contribution in [-0.4, -0.2) is 46.0 Å². The number of ether oxygens (including phenoxy) is 2. The van der Waals surface area contributed by atoms with Crippen molar-refractivity contribution in [3.05, 3.63) is 89.5 Å². The molecule has 8 nitrogen and oxygen atoms in total. The van der Waals surface area contributed by atoms with Crippen LogP contribution in [-0.2, 0) is 30.8 Å². The third kappa shape index (κ3) is 6.89. The number of alkyl carbamates (subject to hydrolysis) is 1. The van der Waals surface area contributed by atoms with Crippen LogP contribution in [0.1, 0.15) is 36.0 Å². The van der Waals surface area contributed by atoms with Crippen molar-refractivity contribution < 1.29 is 31.7 Å². The number of carbonyl (C=O) groups excluding carboxylic acids is 2. The van der Waals surface area contributed by atoms with E-state index >= 15 is 0 Å². The number of hydrogen-bond acceptors (Lipinski definition) is 7. The summed E-state index contributed by atoms with van der Waals surface area (Å²) in [7, 11) is -3.64. The maximum Gasteiger partial charge on any atom is 0.407 e. The van der Waals surface area contributed by atoms with Gasteiger partial charge in [0.25, 0.3) is 0 Å². The zero-order valence-electron chi connectivity index (χ0n) is 20.7. The molecule has 1 N–H and O–H groups in total. The standard InChI is InChI=1S/C28H29NO7S/c1-3-34-27(30)17-20(16-19-12-14-21(15-13-19)36-37(2,32)33)29-28(31)35-18-26-24-10-6-4-8-22(24)23-9-5-7-11-25(23)26/h4-15,20,26H,3,16-18H2,1-2H3,(H,29,31). The number of carbonyl (C=O) groups is 2. The lowest BCUT2D eigenvalue weighted by atomic mass is 9.98. The van der Waals surface area contributed by atoms with E-state index in [1.807, 2.05) is 36.4 Å². The third-order valence-corrected chi connectivity index (χ3v) is 6.53. The van der Waals surface area contributed by atoms with Gasteiger partial charge in [-0.15, -0.1) is 0 Å². The lowest BCUT2D eigenvalue weighted by Crippen LogP contribution is -2.39. The molecule has 0 fully saturated rings. The molecule has 37 heavy (non-hydrogen) atoms. The average Bonchev–Trinajstić information content (AvgIpc) is 3.17. The zero-order chi connectivity index (χ0) is 26.4. The summed E-state index contributed by atoms with van der Waals surface area (Å²) in [5.74, 6) is -0.342. The quantitative estimate of drug-likeness (QED) is 0.309. The molecule has 0 aromatic heterocycles. The molecule has 9 heteroatoms. The van der Waals surface area contributed by atoms with E-state index in [9.17, 15) is 18.0 Å². The summed E-state index contributed by atoms with van der Waals surface area (Å²) in [4.78, 5) is 25.0. The summed E-state index contributed by atoms with van der Waals surface area (Å²) in [5, 5.41) is 2.79. The molecule has 4 rings (SSSR count). The van der Waals surface area contributed by atoms with Crippen LogP contribution in [0.5, 0.6) is 5.75 Å². The Labute approximate surface area is 216 Å². The van der Waals surface area contributed by atoms with Gasteiger partial charge in [-0.3, -0.25) is 4.79 Å². The maximum atomic E-state index is 12.8. The van der Waals surface area contributed by atoms with Gasteiger partial charge >= 0.3 is 22.2 Å². The number of esters is 1. The second kappa shape index (κ2) is 11.5. The summed E-state index contributed by atoms with van der Waals surface area (Å²) < 4.78 is 38.2. The van der Waals surface area contributed by atoms with Crippen molar-refractivity contribution >= 4 is 22.2 Å². The molecule has 0 aliphatic heterocycles. The molecule has 0 saturated carbocycles. The second-order valence-electron chi connectivity index (χ2n) is 8.81. The number of nitrogens with one attached hydrogen (secondary N) is 1. The minimum atomic E-state index is -3.64. The fourth-order valence-electron chi connectivity index (χ4n) is 4.54. The van der Waals surface area contributed by atoms with Crippen LogP contribution < -0.4 is 9.50 Å². The Morgan fingerprint density at radius 1 is 0.892 bits per heavy atom. The van der Waals surface area contributed by atoms with Gasteiger partial charge in [0.05, 0.1) is 19.3 Å². The van der Waals surface area contributed by atoms with E-state index < -0.39 is 28.2 Å². The molecule has 1 atom stereocenters. The van der Waals surface area contributed by atoms with Gasteiger partial charge in [-0.1, -0.05) is 60.7 Å². The minimum Gasteiger partial charge on any atom is -0.466 e. The highest BCUT2D eigenvalue weighted by Gasteiger charge is 2.29. The summed E-state index contributed by atoms with van der Waals surface area (Å²) in [6.45, 7) is 2.10. The van der Waals surface area contributed by atoms with Crippen LogP contribution in [0.2, 0.25) is 0 Å². The van der Waals surface area contributed by atoms with E-state index in [0.717, 1.165) is 34.1 Å². The summed E-state index contributed by atoms with van der Waals surface area (Å²) >= 11 is 0. The number of rotatable bonds is 10. The first-order valence-electron chi connectivity index (χ1n) is 12.0. The highest BCUT2D eigenvalue weighted by atomic mass is 32.2. The molecular weight excluding hydrogens is 494 g/mol. The number of fused-ring (bicyclic) bond motifs is 3. The predicted octanol–water partition coefficient (Wildman–Crippen LogP) is 4.43. The Kier molecular flexibility index (Phi) is 8.13. The molecule has 194 valence electrons. The molecule has 1 amide bonds. The molecule has 1 aliphatic carbocycles. The van der Waals surface area contributed by atoms with Gasteiger partial charge < -0.3 is 19.0 Å². The number of benzene rings is 3. The molecule has 0 radical (unpaired) electrons. The van der Waals surface area contributed by atoms with E-state index in [1.165, 1.54) is 12.1 Å². The summed E-state index contributed by atoms with van der Waals surface area (Å²) in [5.41, 5.74) is 5.26. The van der Waals surface area contributed by atoms with Crippen LogP contribution >= 0.6 is 0 Å². The second-order valence-corrected chi connectivity index (χ2v) is 10.4. The zero-order valence-corrected chi connectivity index (χ0v) is 21.5. The van der Waals surface area contributed by atoms with Crippen molar-refractivity contribution in [1.29, 1.82) is 0 Å². The molecule has 3 aromatic carbocycles. The van der Waals surface area contributed by atoms with Crippen molar-refractivity contribution in [3.8, 4) is 16.9 Å². The fraction of sp³-hybridized carbons (Fsp3) is 0.286. The average molecular weight is 524 g/mol. The molecular formula is C28H29NO7S. The molecule has 0 spiro atoms. The fourth-order valence-corrected chi connectivity index (χ4v) is 5.00. The van der Waals surface area contributed by atoms with E-state index in [4.69, 9.17) is 13.7 Å². The van der Waals surface area contributed by atoms with E-state index in [0.29, 0.717) is 6.42 Å². The predicted molar refractivity (Wildman–Crippen MR) is 139 cm³/mol. The first-order chi connectivity index (χ1) is 17.7. The Bertz CT molecular complexity index is 1320. The Hall–Kier alpha value is -3.85. The molecule has 0 bridgehead atoms. The minimum absolute atomic E-state index is 0.0420. The van der Waals surface area contributed by atoms with Crippen LogP contribution in [0, 0.1) is 0 Å². The van der Waals surface area contributed by atoms with Gasteiger partial charge in [0.15, 0.2) is 0 Å². The van der Waals surface area contributed by atoms with E-state index in [2.05, 4.69) is 17.4 Å². The van der Waals surface area contributed by atoms with Gasteiger partial charge in [0.1, 0.15) is 12.4 Å². The van der Waals surface area contributed by atoms with Crippen LogP contribution in [0.4, 0.5) is 4.79 Å². The third-order valence-electron chi connectivity index (χ3n) is 6.04. The summed E-state index contributed by atoms with van der Waals surface area (Å²) in [6, 6.07) is 22.0. The van der Waals surface area contributed by atoms with Crippen molar-refractivity contribution in [3.63, 3.8) is 0 Å². The normalized spacial score (nSPS) is 13.2. The van der Waals surface area contributed by atoms with Crippen LogP contribution in [0.15, 0.2) is 72.8 Å². The van der Waals surface area contributed by atoms with Gasteiger partial charge in [0, 0.05) is 12.0 Å². The SMILES string of the molecule is CCOC(=O)CC(Cc1ccc(OS(C)(=O)=O)cc1)NC(=O)OCC1c2ccccc2-c2ccccc21.